The van der Waals surface area contributed by atoms with Crippen molar-refractivity contribution in [3.63, 3.8) is 0 Å². The maximum absolute atomic E-state index is 12.1. The summed E-state index contributed by atoms with van der Waals surface area (Å²) in [7, 11) is 1.93. The Balaban J connectivity index is 2.77. The molecule has 19 heavy (non-hydrogen) atoms. The molecule has 4 nitrogen and oxygen atoms in total. The Kier molecular flexibility index (Phi) is 5.44. The van der Waals surface area contributed by atoms with Crippen molar-refractivity contribution >= 4 is 28.8 Å². The number of likely N-dealkylation sites (N-methyl/N-ethyl adjacent to an activating group) is 1. The zero-order chi connectivity index (χ0) is 14.6. The van der Waals surface area contributed by atoms with Crippen molar-refractivity contribution in [2.24, 2.45) is 5.73 Å². The fraction of sp³-hybridized carbons (Fsp3) is 0.429. The Labute approximate surface area is 120 Å². The summed E-state index contributed by atoms with van der Waals surface area (Å²) in [5.41, 5.74) is 7.03. The number of nitrogens with zero attached hydrogens (tertiary/aromatic N) is 1. The van der Waals surface area contributed by atoms with Crippen LogP contribution >= 0.6 is 12.2 Å². The molecule has 0 spiro atoms. The van der Waals surface area contributed by atoms with Gasteiger partial charge in [-0.05, 0) is 40.0 Å². The van der Waals surface area contributed by atoms with Crippen molar-refractivity contribution in [3.05, 3.63) is 29.8 Å². The van der Waals surface area contributed by atoms with Crippen molar-refractivity contribution in [1.82, 2.24) is 4.90 Å². The van der Waals surface area contributed by atoms with Gasteiger partial charge in [-0.2, -0.15) is 0 Å². The fourth-order valence-electron chi connectivity index (χ4n) is 1.63. The first kappa shape index (κ1) is 15.6. The highest BCUT2D eigenvalue weighted by Crippen LogP contribution is 2.12. The monoisotopic (exact) mass is 279 g/mol. The first-order valence-electron chi connectivity index (χ1n) is 6.25. The molecule has 1 unspecified atom stereocenters. The second-order valence-electron chi connectivity index (χ2n) is 4.87. The molecule has 1 amide bonds. The lowest BCUT2D eigenvalue weighted by Gasteiger charge is -2.27. The van der Waals surface area contributed by atoms with E-state index in [2.05, 4.69) is 19.2 Å². The van der Waals surface area contributed by atoms with E-state index in [9.17, 15) is 4.79 Å². The second-order valence-corrected chi connectivity index (χ2v) is 5.31. The predicted molar refractivity (Wildman–Crippen MR) is 83.3 cm³/mol. The van der Waals surface area contributed by atoms with Gasteiger partial charge in [-0.15, -0.1) is 0 Å². The molecule has 1 aromatic rings. The molecule has 1 atom stereocenters. The Morgan fingerprint density at radius 3 is 2.53 bits per heavy atom. The maximum Gasteiger partial charge on any atom is 0.241 e. The highest BCUT2D eigenvalue weighted by atomic mass is 32.1. The molecule has 0 aliphatic rings. The molecule has 0 heterocycles. The molecular formula is C14H21N3OS. The molecule has 0 aliphatic heterocycles. The van der Waals surface area contributed by atoms with Gasteiger partial charge in [-0.3, -0.25) is 9.69 Å². The summed E-state index contributed by atoms with van der Waals surface area (Å²) in [5.74, 6) is -0.0451. The van der Waals surface area contributed by atoms with E-state index >= 15 is 0 Å². The standard InChI is InChI=1S/C14H21N3OS/c1-9(2)17(4)10(3)14(18)16-12-7-5-6-11(8-12)13(15)19/h5-10H,1-4H3,(H2,15,19)(H,16,18). The number of nitrogens with two attached hydrogens (primary N) is 1. The fourth-order valence-corrected chi connectivity index (χ4v) is 1.76. The highest BCUT2D eigenvalue weighted by molar-refractivity contribution is 7.80. The summed E-state index contributed by atoms with van der Waals surface area (Å²) >= 11 is 4.92. The highest BCUT2D eigenvalue weighted by Gasteiger charge is 2.20. The van der Waals surface area contributed by atoms with Crippen molar-refractivity contribution in [2.75, 3.05) is 12.4 Å². The topological polar surface area (TPSA) is 58.4 Å². The van der Waals surface area contributed by atoms with Gasteiger partial charge in [0.1, 0.15) is 4.99 Å². The number of hydrogen-bond acceptors (Lipinski definition) is 3. The van der Waals surface area contributed by atoms with Crippen LogP contribution in [0, 0.1) is 0 Å². The van der Waals surface area contributed by atoms with Crippen molar-refractivity contribution in [3.8, 4) is 0 Å². The molecule has 0 saturated carbocycles. The van der Waals surface area contributed by atoms with Crippen LogP contribution in [0.2, 0.25) is 0 Å². The largest absolute Gasteiger partial charge is 0.389 e. The van der Waals surface area contributed by atoms with Gasteiger partial charge < -0.3 is 11.1 Å². The molecule has 104 valence electrons. The quantitative estimate of drug-likeness (QED) is 0.809. The van der Waals surface area contributed by atoms with Gasteiger partial charge >= 0.3 is 0 Å². The summed E-state index contributed by atoms with van der Waals surface area (Å²) < 4.78 is 0. The lowest BCUT2D eigenvalue weighted by Crippen LogP contribution is -2.43. The molecule has 1 aromatic carbocycles. The first-order valence-corrected chi connectivity index (χ1v) is 6.66. The molecule has 0 fully saturated rings. The predicted octanol–water partition coefficient (Wildman–Crippen LogP) is 1.99. The number of nitrogens with one attached hydrogen (secondary N) is 1. The third kappa shape index (κ3) is 4.29. The second kappa shape index (κ2) is 6.63. The Bertz CT molecular complexity index is 474. The third-order valence-corrected chi connectivity index (χ3v) is 3.46. The number of carbonyl (C=O) groups is 1. The van der Waals surface area contributed by atoms with E-state index < -0.39 is 0 Å². The molecule has 0 aromatic heterocycles. The summed E-state index contributed by atoms with van der Waals surface area (Å²) in [6, 6.07) is 7.35. The molecule has 0 saturated heterocycles. The molecular weight excluding hydrogens is 258 g/mol. The Morgan fingerprint density at radius 2 is 2.00 bits per heavy atom. The summed E-state index contributed by atoms with van der Waals surface area (Å²) in [5, 5.41) is 2.88. The average Bonchev–Trinajstić information content (AvgIpc) is 2.37. The van der Waals surface area contributed by atoms with Gasteiger partial charge in [0.2, 0.25) is 5.91 Å². The molecule has 0 aliphatic carbocycles. The Morgan fingerprint density at radius 1 is 1.37 bits per heavy atom. The van der Waals surface area contributed by atoms with Gasteiger partial charge in [-0.1, -0.05) is 24.4 Å². The minimum Gasteiger partial charge on any atom is -0.389 e. The Hall–Kier alpha value is -1.46. The number of benzene rings is 1. The zero-order valence-corrected chi connectivity index (χ0v) is 12.6. The van der Waals surface area contributed by atoms with Gasteiger partial charge in [0.05, 0.1) is 6.04 Å². The number of rotatable bonds is 5. The minimum atomic E-state index is -0.200. The van der Waals surface area contributed by atoms with Crippen LogP contribution in [0.15, 0.2) is 24.3 Å². The van der Waals surface area contributed by atoms with Crippen LogP contribution in [0.3, 0.4) is 0 Å². The van der Waals surface area contributed by atoms with Crippen LogP contribution in [0.5, 0.6) is 0 Å². The maximum atomic E-state index is 12.1. The molecule has 1 rings (SSSR count). The van der Waals surface area contributed by atoms with Gasteiger partial charge in [0.15, 0.2) is 0 Å². The minimum absolute atomic E-state index is 0.0451. The van der Waals surface area contributed by atoms with E-state index in [1.54, 1.807) is 6.07 Å². The SMILES string of the molecule is CC(C)N(C)C(C)C(=O)Nc1cccc(C(N)=S)c1. The summed E-state index contributed by atoms with van der Waals surface area (Å²) in [6.07, 6.45) is 0. The van der Waals surface area contributed by atoms with Crippen molar-refractivity contribution < 1.29 is 4.79 Å². The smallest absolute Gasteiger partial charge is 0.241 e. The zero-order valence-electron chi connectivity index (χ0n) is 11.8. The van der Waals surface area contributed by atoms with Crippen LogP contribution in [-0.2, 0) is 4.79 Å². The number of thiocarbonyl (C=S) groups is 1. The molecule has 5 heteroatoms. The molecule has 0 radical (unpaired) electrons. The summed E-state index contributed by atoms with van der Waals surface area (Å²) in [6.45, 7) is 5.99. The van der Waals surface area contributed by atoms with Crippen molar-refractivity contribution in [2.45, 2.75) is 32.9 Å². The van der Waals surface area contributed by atoms with Gasteiger partial charge in [0, 0.05) is 17.3 Å². The van der Waals surface area contributed by atoms with E-state index in [1.807, 2.05) is 37.1 Å². The van der Waals surface area contributed by atoms with E-state index in [1.165, 1.54) is 0 Å². The van der Waals surface area contributed by atoms with E-state index in [0.29, 0.717) is 16.7 Å². The average molecular weight is 279 g/mol. The lowest BCUT2D eigenvalue weighted by molar-refractivity contribution is -0.120. The normalized spacial score (nSPS) is 12.5. The van der Waals surface area contributed by atoms with E-state index in [4.69, 9.17) is 18.0 Å². The molecule has 3 N–H and O–H groups in total. The number of carbonyl (C=O) groups excluding carboxylic acids is 1. The third-order valence-electron chi connectivity index (χ3n) is 3.22. The summed E-state index contributed by atoms with van der Waals surface area (Å²) in [4.78, 5) is 14.5. The van der Waals surface area contributed by atoms with Crippen LogP contribution in [0.1, 0.15) is 26.3 Å². The van der Waals surface area contributed by atoms with Crippen LogP contribution in [-0.4, -0.2) is 34.9 Å². The van der Waals surface area contributed by atoms with Crippen LogP contribution < -0.4 is 11.1 Å². The lowest BCUT2D eigenvalue weighted by atomic mass is 10.2. The van der Waals surface area contributed by atoms with Crippen LogP contribution in [0.4, 0.5) is 5.69 Å². The number of amides is 1. The van der Waals surface area contributed by atoms with Crippen LogP contribution in [0.25, 0.3) is 0 Å². The van der Waals surface area contributed by atoms with Gasteiger partial charge in [0.25, 0.3) is 0 Å². The number of anilines is 1. The molecule has 0 bridgehead atoms. The van der Waals surface area contributed by atoms with E-state index in [0.717, 1.165) is 5.56 Å². The van der Waals surface area contributed by atoms with Gasteiger partial charge in [-0.25, -0.2) is 0 Å². The first-order chi connectivity index (χ1) is 8.82. The van der Waals surface area contributed by atoms with E-state index in [-0.39, 0.29) is 11.9 Å². The van der Waals surface area contributed by atoms with Crippen molar-refractivity contribution in [1.29, 1.82) is 0 Å². The number of hydrogen-bond donors (Lipinski definition) is 2.